The Balaban J connectivity index is 2.31. The number of hydrogen-bond donors (Lipinski definition) is 2. The third-order valence-corrected chi connectivity index (χ3v) is 3.29. The van der Waals surface area contributed by atoms with Crippen LogP contribution in [-0.2, 0) is 11.3 Å². The van der Waals surface area contributed by atoms with Crippen molar-refractivity contribution in [3.63, 3.8) is 0 Å². The zero-order valence-corrected chi connectivity index (χ0v) is 12.7. The smallest absolute Gasteiger partial charge is 0.225 e. The van der Waals surface area contributed by atoms with E-state index in [1.165, 1.54) is 0 Å². The van der Waals surface area contributed by atoms with E-state index >= 15 is 0 Å². The van der Waals surface area contributed by atoms with Crippen molar-refractivity contribution in [1.82, 2.24) is 10.3 Å². The van der Waals surface area contributed by atoms with Gasteiger partial charge in [0.05, 0.1) is 7.11 Å². The van der Waals surface area contributed by atoms with Crippen LogP contribution in [-0.4, -0.2) is 18.0 Å². The van der Waals surface area contributed by atoms with Crippen LogP contribution in [0.2, 0.25) is 0 Å². The number of carbonyl (C=O) groups is 1. The van der Waals surface area contributed by atoms with Crippen LogP contribution in [0.15, 0.2) is 29.2 Å². The molecule has 0 saturated heterocycles. The van der Waals surface area contributed by atoms with Gasteiger partial charge in [-0.3, -0.25) is 9.59 Å². The normalized spacial score (nSPS) is 11.4. The van der Waals surface area contributed by atoms with Crippen LogP contribution >= 0.6 is 0 Å². The summed E-state index contributed by atoms with van der Waals surface area (Å²) in [6.45, 7) is 5.70. The highest BCUT2D eigenvalue weighted by Gasteiger charge is 2.21. The number of fused-ring (bicyclic) bond motifs is 1. The maximum atomic E-state index is 12.4. The van der Waals surface area contributed by atoms with Crippen LogP contribution in [0, 0.1) is 5.41 Å². The summed E-state index contributed by atoms with van der Waals surface area (Å²) < 4.78 is 5.14. The lowest BCUT2D eigenvalue weighted by atomic mass is 9.95. The Bertz CT molecular complexity index is 726. The van der Waals surface area contributed by atoms with Gasteiger partial charge in [-0.2, -0.15) is 0 Å². The molecule has 0 atom stereocenters. The van der Waals surface area contributed by atoms with Crippen LogP contribution < -0.4 is 15.5 Å². The lowest BCUT2D eigenvalue weighted by Gasteiger charge is -2.17. The minimum Gasteiger partial charge on any atom is -0.497 e. The Morgan fingerprint density at radius 1 is 1.33 bits per heavy atom. The predicted molar refractivity (Wildman–Crippen MR) is 82.4 cm³/mol. The number of benzene rings is 1. The van der Waals surface area contributed by atoms with Gasteiger partial charge in [-0.1, -0.05) is 20.8 Å². The van der Waals surface area contributed by atoms with Gasteiger partial charge in [-0.25, -0.2) is 0 Å². The molecule has 0 aliphatic rings. The number of aromatic amines is 1. The van der Waals surface area contributed by atoms with Gasteiger partial charge in [0.15, 0.2) is 5.43 Å². The molecule has 0 bridgehead atoms. The van der Waals surface area contributed by atoms with Gasteiger partial charge in [-0.05, 0) is 18.2 Å². The summed E-state index contributed by atoms with van der Waals surface area (Å²) in [5.74, 6) is 0.538. The van der Waals surface area contributed by atoms with E-state index in [2.05, 4.69) is 10.3 Å². The molecule has 112 valence electrons. The Labute approximate surface area is 123 Å². The van der Waals surface area contributed by atoms with Crippen molar-refractivity contribution in [1.29, 1.82) is 0 Å². The van der Waals surface area contributed by atoms with Crippen molar-refractivity contribution >= 4 is 16.8 Å². The van der Waals surface area contributed by atoms with Crippen molar-refractivity contribution in [3.05, 3.63) is 40.2 Å². The van der Waals surface area contributed by atoms with Crippen molar-refractivity contribution in [2.45, 2.75) is 27.3 Å². The maximum absolute atomic E-state index is 12.4. The molecule has 1 heterocycles. The number of nitrogens with one attached hydrogen (secondary N) is 2. The third-order valence-electron chi connectivity index (χ3n) is 3.29. The van der Waals surface area contributed by atoms with E-state index in [1.807, 2.05) is 20.8 Å². The first kappa shape index (κ1) is 15.1. The molecule has 5 nitrogen and oxygen atoms in total. The molecule has 0 fully saturated rings. The monoisotopic (exact) mass is 288 g/mol. The van der Waals surface area contributed by atoms with Crippen LogP contribution in [0.4, 0.5) is 0 Å². The van der Waals surface area contributed by atoms with Gasteiger partial charge in [0.2, 0.25) is 5.91 Å². The number of amides is 1. The zero-order chi connectivity index (χ0) is 15.6. The van der Waals surface area contributed by atoms with E-state index in [1.54, 1.807) is 31.5 Å². The van der Waals surface area contributed by atoms with E-state index in [4.69, 9.17) is 4.74 Å². The molecule has 5 heteroatoms. The van der Waals surface area contributed by atoms with E-state index in [9.17, 15) is 9.59 Å². The molecule has 2 rings (SSSR count). The van der Waals surface area contributed by atoms with Gasteiger partial charge in [0, 0.05) is 34.6 Å². The lowest BCUT2D eigenvalue weighted by molar-refractivity contribution is -0.128. The summed E-state index contributed by atoms with van der Waals surface area (Å²) in [5.41, 5.74) is 0.684. The highest BCUT2D eigenvalue weighted by Crippen LogP contribution is 2.17. The number of carbonyl (C=O) groups excluding carboxylic acids is 1. The van der Waals surface area contributed by atoms with Gasteiger partial charge >= 0.3 is 0 Å². The van der Waals surface area contributed by atoms with Crippen molar-refractivity contribution < 1.29 is 9.53 Å². The molecule has 21 heavy (non-hydrogen) atoms. The first-order chi connectivity index (χ1) is 9.82. The quantitative estimate of drug-likeness (QED) is 0.909. The number of aromatic nitrogens is 1. The minimum atomic E-state index is -0.479. The second-order valence-corrected chi connectivity index (χ2v) is 5.99. The number of rotatable bonds is 3. The predicted octanol–water partition coefficient (Wildman–Crippen LogP) is 2.20. The number of pyridine rings is 1. The van der Waals surface area contributed by atoms with Gasteiger partial charge in [0.1, 0.15) is 5.75 Å². The second kappa shape index (κ2) is 5.60. The molecular formula is C16H20N2O3. The Kier molecular flexibility index (Phi) is 4.02. The summed E-state index contributed by atoms with van der Waals surface area (Å²) in [5, 5.41) is 3.34. The van der Waals surface area contributed by atoms with Crippen LogP contribution in [0.5, 0.6) is 5.75 Å². The average Bonchev–Trinajstić information content (AvgIpc) is 2.45. The summed E-state index contributed by atoms with van der Waals surface area (Å²) >= 11 is 0. The van der Waals surface area contributed by atoms with Crippen LogP contribution in [0.25, 0.3) is 10.9 Å². The summed E-state index contributed by atoms with van der Waals surface area (Å²) in [4.78, 5) is 27.4. The van der Waals surface area contributed by atoms with E-state index in [0.29, 0.717) is 16.7 Å². The van der Waals surface area contributed by atoms with Crippen molar-refractivity contribution in [3.8, 4) is 5.75 Å². The van der Waals surface area contributed by atoms with E-state index in [0.717, 1.165) is 5.52 Å². The first-order valence-electron chi connectivity index (χ1n) is 6.79. The second-order valence-electron chi connectivity index (χ2n) is 5.99. The standard InChI is InChI=1S/C16H20N2O3/c1-16(2,3)15(20)18-9-10-8-17-13-6-5-11(21-4)7-12(13)14(10)19/h5-8H,9H2,1-4H3,(H,17,19)(H,18,20). The van der Waals surface area contributed by atoms with Gasteiger partial charge in [-0.15, -0.1) is 0 Å². The first-order valence-corrected chi connectivity index (χ1v) is 6.79. The molecule has 1 aromatic heterocycles. The highest BCUT2D eigenvalue weighted by molar-refractivity contribution is 5.82. The van der Waals surface area contributed by atoms with E-state index < -0.39 is 5.41 Å². The molecule has 0 spiro atoms. The topological polar surface area (TPSA) is 71.2 Å². The molecular weight excluding hydrogens is 268 g/mol. The number of hydrogen-bond acceptors (Lipinski definition) is 3. The molecule has 2 N–H and O–H groups in total. The van der Waals surface area contributed by atoms with Crippen LogP contribution in [0.3, 0.4) is 0 Å². The Morgan fingerprint density at radius 3 is 2.67 bits per heavy atom. The molecule has 0 saturated carbocycles. The van der Waals surface area contributed by atoms with E-state index in [-0.39, 0.29) is 17.9 Å². The summed E-state index contributed by atoms with van der Waals surface area (Å²) in [6.07, 6.45) is 1.64. The molecule has 0 unspecified atom stereocenters. The van der Waals surface area contributed by atoms with Gasteiger partial charge < -0.3 is 15.0 Å². The lowest BCUT2D eigenvalue weighted by Crippen LogP contribution is -2.35. The summed E-state index contributed by atoms with van der Waals surface area (Å²) in [7, 11) is 1.56. The molecule has 0 aliphatic heterocycles. The third kappa shape index (κ3) is 3.24. The SMILES string of the molecule is COc1ccc2[nH]cc(CNC(=O)C(C)(C)C)c(=O)c2c1. The fourth-order valence-corrected chi connectivity index (χ4v) is 1.94. The molecule has 0 aliphatic carbocycles. The molecule has 1 aromatic carbocycles. The highest BCUT2D eigenvalue weighted by atomic mass is 16.5. The fraction of sp³-hybridized carbons (Fsp3) is 0.375. The average molecular weight is 288 g/mol. The Morgan fingerprint density at radius 2 is 2.05 bits per heavy atom. The zero-order valence-electron chi connectivity index (χ0n) is 12.7. The minimum absolute atomic E-state index is 0.0901. The van der Waals surface area contributed by atoms with Crippen LogP contribution in [0.1, 0.15) is 26.3 Å². The molecule has 1 amide bonds. The number of ether oxygens (including phenoxy) is 1. The maximum Gasteiger partial charge on any atom is 0.225 e. The molecule has 2 aromatic rings. The Hall–Kier alpha value is -2.30. The van der Waals surface area contributed by atoms with Crippen molar-refractivity contribution in [2.75, 3.05) is 7.11 Å². The largest absolute Gasteiger partial charge is 0.497 e. The fourth-order valence-electron chi connectivity index (χ4n) is 1.94. The number of H-pyrrole nitrogens is 1. The van der Waals surface area contributed by atoms with Gasteiger partial charge in [0.25, 0.3) is 0 Å². The summed E-state index contributed by atoms with van der Waals surface area (Å²) in [6, 6.07) is 5.29. The van der Waals surface area contributed by atoms with Crippen molar-refractivity contribution in [2.24, 2.45) is 5.41 Å². The number of methoxy groups -OCH3 is 1. The molecule has 0 radical (unpaired) electrons.